The van der Waals surface area contributed by atoms with E-state index in [0.29, 0.717) is 5.92 Å². The van der Waals surface area contributed by atoms with Gasteiger partial charge in [-0.1, -0.05) is 12.1 Å². The molecule has 2 saturated heterocycles. The summed E-state index contributed by atoms with van der Waals surface area (Å²) in [6.07, 6.45) is 3.73. The first-order chi connectivity index (χ1) is 9.88. The first-order valence-corrected chi connectivity index (χ1v) is 7.63. The van der Waals surface area contributed by atoms with Crippen molar-refractivity contribution in [2.75, 3.05) is 33.3 Å². The fourth-order valence-corrected chi connectivity index (χ4v) is 3.19. The maximum Gasteiger partial charge on any atom is 0.164 e. The van der Waals surface area contributed by atoms with Gasteiger partial charge < -0.3 is 20.1 Å². The average Bonchev–Trinajstić information content (AvgIpc) is 3.02. The molecule has 4 heteroatoms. The van der Waals surface area contributed by atoms with E-state index in [1.807, 2.05) is 6.07 Å². The van der Waals surface area contributed by atoms with Crippen LogP contribution < -0.4 is 20.1 Å². The summed E-state index contributed by atoms with van der Waals surface area (Å²) < 4.78 is 11.8. The topological polar surface area (TPSA) is 42.5 Å². The molecule has 0 saturated carbocycles. The fraction of sp³-hybridized carbons (Fsp3) is 0.625. The Morgan fingerprint density at radius 1 is 1.10 bits per heavy atom. The van der Waals surface area contributed by atoms with Crippen LogP contribution in [-0.4, -0.2) is 39.4 Å². The molecule has 2 N–H and O–H groups in total. The summed E-state index contributed by atoms with van der Waals surface area (Å²) in [5, 5.41) is 6.80. The summed E-state index contributed by atoms with van der Waals surface area (Å²) in [4.78, 5) is 0. The SMILES string of the molecule is COc1c(OC2CCCNC2)cccc1C1CCNC1. The first-order valence-electron chi connectivity index (χ1n) is 7.63. The Morgan fingerprint density at radius 2 is 2.00 bits per heavy atom. The van der Waals surface area contributed by atoms with E-state index in [9.17, 15) is 0 Å². The zero-order valence-corrected chi connectivity index (χ0v) is 12.2. The van der Waals surface area contributed by atoms with Crippen molar-refractivity contribution >= 4 is 0 Å². The van der Waals surface area contributed by atoms with E-state index in [4.69, 9.17) is 9.47 Å². The third-order valence-corrected chi connectivity index (χ3v) is 4.26. The maximum absolute atomic E-state index is 6.17. The summed E-state index contributed by atoms with van der Waals surface area (Å²) in [7, 11) is 1.74. The number of piperidine rings is 1. The molecule has 20 heavy (non-hydrogen) atoms. The highest BCUT2D eigenvalue weighted by molar-refractivity contribution is 5.48. The van der Waals surface area contributed by atoms with E-state index in [0.717, 1.165) is 44.1 Å². The quantitative estimate of drug-likeness (QED) is 0.881. The molecule has 0 bridgehead atoms. The van der Waals surface area contributed by atoms with E-state index in [-0.39, 0.29) is 6.10 Å². The molecule has 2 atom stereocenters. The molecule has 0 amide bonds. The molecule has 110 valence electrons. The Kier molecular flexibility index (Phi) is 4.43. The van der Waals surface area contributed by atoms with Crippen LogP contribution in [0.25, 0.3) is 0 Å². The van der Waals surface area contributed by atoms with Crippen LogP contribution in [0.5, 0.6) is 11.5 Å². The van der Waals surface area contributed by atoms with Crippen LogP contribution >= 0.6 is 0 Å². The van der Waals surface area contributed by atoms with Crippen LogP contribution in [0.1, 0.15) is 30.7 Å². The van der Waals surface area contributed by atoms with E-state index >= 15 is 0 Å². The van der Waals surface area contributed by atoms with Gasteiger partial charge in [-0.25, -0.2) is 0 Å². The largest absolute Gasteiger partial charge is 0.493 e. The molecule has 0 aromatic heterocycles. The number of rotatable bonds is 4. The number of para-hydroxylation sites is 1. The van der Waals surface area contributed by atoms with Crippen molar-refractivity contribution in [2.24, 2.45) is 0 Å². The van der Waals surface area contributed by atoms with E-state index in [1.165, 1.54) is 18.4 Å². The van der Waals surface area contributed by atoms with Crippen LogP contribution in [-0.2, 0) is 0 Å². The molecule has 2 aliphatic rings. The van der Waals surface area contributed by atoms with Crippen molar-refractivity contribution in [1.82, 2.24) is 10.6 Å². The second-order valence-electron chi connectivity index (χ2n) is 5.65. The first kappa shape index (κ1) is 13.7. The van der Waals surface area contributed by atoms with Gasteiger partial charge in [0.1, 0.15) is 6.10 Å². The summed E-state index contributed by atoms with van der Waals surface area (Å²) in [5.41, 5.74) is 1.28. The highest BCUT2D eigenvalue weighted by Gasteiger charge is 2.24. The van der Waals surface area contributed by atoms with Crippen molar-refractivity contribution in [3.8, 4) is 11.5 Å². The lowest BCUT2D eigenvalue weighted by molar-refractivity contribution is 0.161. The number of nitrogens with one attached hydrogen (secondary N) is 2. The molecule has 0 radical (unpaired) electrons. The molecule has 1 aromatic carbocycles. The Labute approximate surface area is 120 Å². The Hall–Kier alpha value is -1.26. The van der Waals surface area contributed by atoms with Gasteiger partial charge in [-0.3, -0.25) is 0 Å². The highest BCUT2D eigenvalue weighted by atomic mass is 16.5. The van der Waals surface area contributed by atoms with Gasteiger partial charge in [0.25, 0.3) is 0 Å². The highest BCUT2D eigenvalue weighted by Crippen LogP contribution is 2.38. The second kappa shape index (κ2) is 6.46. The number of hydrogen-bond donors (Lipinski definition) is 2. The summed E-state index contributed by atoms with van der Waals surface area (Å²) >= 11 is 0. The Bertz CT molecular complexity index is 438. The molecule has 3 rings (SSSR count). The number of benzene rings is 1. The van der Waals surface area contributed by atoms with E-state index in [1.54, 1.807) is 7.11 Å². The maximum atomic E-state index is 6.17. The molecule has 0 aliphatic carbocycles. The van der Waals surface area contributed by atoms with Crippen molar-refractivity contribution in [1.29, 1.82) is 0 Å². The molecule has 2 heterocycles. The average molecular weight is 276 g/mol. The van der Waals surface area contributed by atoms with Gasteiger partial charge in [0.2, 0.25) is 0 Å². The lowest BCUT2D eigenvalue weighted by Gasteiger charge is -2.26. The van der Waals surface area contributed by atoms with Crippen molar-refractivity contribution in [2.45, 2.75) is 31.3 Å². The van der Waals surface area contributed by atoms with Crippen LogP contribution in [0, 0.1) is 0 Å². The minimum Gasteiger partial charge on any atom is -0.493 e. The molecular weight excluding hydrogens is 252 g/mol. The summed E-state index contributed by atoms with van der Waals surface area (Å²) in [5.74, 6) is 2.36. The van der Waals surface area contributed by atoms with Gasteiger partial charge in [0.15, 0.2) is 11.5 Å². The second-order valence-corrected chi connectivity index (χ2v) is 5.65. The minimum atomic E-state index is 0.259. The lowest BCUT2D eigenvalue weighted by Crippen LogP contribution is -2.37. The van der Waals surface area contributed by atoms with Gasteiger partial charge in [-0.05, 0) is 38.4 Å². The van der Waals surface area contributed by atoms with Gasteiger partial charge >= 0.3 is 0 Å². The molecule has 1 aromatic rings. The third-order valence-electron chi connectivity index (χ3n) is 4.26. The van der Waals surface area contributed by atoms with Crippen LogP contribution in [0.3, 0.4) is 0 Å². The predicted octanol–water partition coefficient (Wildman–Crippen LogP) is 1.90. The zero-order valence-electron chi connectivity index (χ0n) is 12.2. The van der Waals surface area contributed by atoms with Gasteiger partial charge in [0, 0.05) is 24.6 Å². The molecule has 0 spiro atoms. The van der Waals surface area contributed by atoms with Gasteiger partial charge in [-0.15, -0.1) is 0 Å². The van der Waals surface area contributed by atoms with Crippen molar-refractivity contribution in [3.05, 3.63) is 23.8 Å². The predicted molar refractivity (Wildman–Crippen MR) is 79.7 cm³/mol. The Morgan fingerprint density at radius 3 is 2.70 bits per heavy atom. The van der Waals surface area contributed by atoms with Crippen LogP contribution in [0.4, 0.5) is 0 Å². The van der Waals surface area contributed by atoms with E-state index in [2.05, 4.69) is 22.8 Å². The monoisotopic (exact) mass is 276 g/mol. The molecular formula is C16H24N2O2. The fourth-order valence-electron chi connectivity index (χ4n) is 3.19. The molecule has 4 nitrogen and oxygen atoms in total. The molecule has 2 unspecified atom stereocenters. The number of ether oxygens (including phenoxy) is 2. The Balaban J connectivity index is 1.80. The zero-order chi connectivity index (χ0) is 13.8. The minimum absolute atomic E-state index is 0.259. The summed E-state index contributed by atoms with van der Waals surface area (Å²) in [6, 6.07) is 6.28. The summed E-state index contributed by atoms with van der Waals surface area (Å²) in [6.45, 7) is 4.15. The normalized spacial score (nSPS) is 26.4. The van der Waals surface area contributed by atoms with Crippen molar-refractivity contribution in [3.63, 3.8) is 0 Å². The van der Waals surface area contributed by atoms with Gasteiger partial charge in [-0.2, -0.15) is 0 Å². The van der Waals surface area contributed by atoms with Gasteiger partial charge in [0.05, 0.1) is 7.11 Å². The smallest absolute Gasteiger partial charge is 0.164 e. The third kappa shape index (κ3) is 2.91. The van der Waals surface area contributed by atoms with Crippen LogP contribution in [0.15, 0.2) is 18.2 Å². The molecule has 2 aliphatic heterocycles. The lowest BCUT2D eigenvalue weighted by atomic mass is 9.97. The van der Waals surface area contributed by atoms with Crippen molar-refractivity contribution < 1.29 is 9.47 Å². The number of hydrogen-bond acceptors (Lipinski definition) is 4. The van der Waals surface area contributed by atoms with E-state index < -0.39 is 0 Å². The molecule has 2 fully saturated rings. The standard InChI is InChI=1S/C16H24N2O2/c1-19-16-14(12-7-9-18-10-12)5-2-6-15(16)20-13-4-3-8-17-11-13/h2,5-6,12-13,17-18H,3-4,7-11H2,1H3. The van der Waals surface area contributed by atoms with Crippen LogP contribution in [0.2, 0.25) is 0 Å². The number of methoxy groups -OCH3 is 1.